The first-order valence-electron chi connectivity index (χ1n) is 11.0. The number of nitrogens with one attached hydrogen (secondary N) is 2. The highest BCUT2D eigenvalue weighted by Gasteiger charge is 2.54. The molecule has 2 fully saturated rings. The maximum atomic E-state index is 12.3. The summed E-state index contributed by atoms with van der Waals surface area (Å²) in [6, 6.07) is 8.75. The summed E-state index contributed by atoms with van der Waals surface area (Å²) in [5.74, 6) is -0.354. The predicted octanol–water partition coefficient (Wildman–Crippen LogP) is 2.15. The molecule has 8 heteroatoms. The second-order valence-corrected chi connectivity index (χ2v) is 8.99. The largest absolute Gasteiger partial charge is 0.506 e. The fourth-order valence-electron chi connectivity index (χ4n) is 5.53. The molecule has 0 bridgehead atoms. The van der Waals surface area contributed by atoms with E-state index in [9.17, 15) is 19.8 Å². The number of carbonyl (C=O) groups is 1. The van der Waals surface area contributed by atoms with Gasteiger partial charge in [-0.1, -0.05) is 13.0 Å². The summed E-state index contributed by atoms with van der Waals surface area (Å²) in [5, 5.41) is 24.2. The second kappa shape index (κ2) is 7.50. The van der Waals surface area contributed by atoms with Crippen molar-refractivity contribution >= 4 is 16.9 Å². The number of aryl methyl sites for hydroxylation is 1. The third-order valence-corrected chi connectivity index (χ3v) is 7.28. The van der Waals surface area contributed by atoms with Gasteiger partial charge in [0.2, 0.25) is 0 Å². The van der Waals surface area contributed by atoms with Gasteiger partial charge in [-0.2, -0.15) is 0 Å². The minimum absolute atomic E-state index is 0.390. The minimum Gasteiger partial charge on any atom is -0.506 e. The molecule has 1 aliphatic heterocycles. The molecule has 1 saturated heterocycles. The zero-order valence-corrected chi connectivity index (χ0v) is 18.5. The Morgan fingerprint density at radius 1 is 1.25 bits per heavy atom. The molecule has 0 amide bonds. The molecule has 8 nitrogen and oxygen atoms in total. The number of H-pyrrole nitrogens is 1. The third-order valence-electron chi connectivity index (χ3n) is 7.28. The summed E-state index contributed by atoms with van der Waals surface area (Å²) in [6.45, 7) is 4.97. The van der Waals surface area contributed by atoms with Gasteiger partial charge < -0.3 is 25.1 Å². The van der Waals surface area contributed by atoms with E-state index >= 15 is 0 Å². The lowest BCUT2D eigenvalue weighted by Gasteiger charge is -2.19. The maximum Gasteiger partial charge on any atom is 0.345 e. The number of rotatable bonds is 6. The molecule has 3 aromatic rings. The fraction of sp³-hybridized carbons (Fsp3) is 0.417. The summed E-state index contributed by atoms with van der Waals surface area (Å²) < 4.78 is 2.20. The van der Waals surface area contributed by atoms with E-state index in [-0.39, 0.29) is 0 Å². The molecule has 5 rings (SSSR count). The Morgan fingerprint density at radius 3 is 2.59 bits per heavy atom. The smallest absolute Gasteiger partial charge is 0.345 e. The van der Waals surface area contributed by atoms with Crippen molar-refractivity contribution in [2.45, 2.75) is 25.9 Å². The first-order chi connectivity index (χ1) is 15.3. The van der Waals surface area contributed by atoms with Crippen LogP contribution in [0.25, 0.3) is 22.2 Å². The zero-order valence-electron chi connectivity index (χ0n) is 18.5. The minimum atomic E-state index is -1.44. The number of nitrogens with zero attached hydrogens (tertiary/aromatic N) is 2. The molecule has 1 saturated carbocycles. The van der Waals surface area contributed by atoms with Gasteiger partial charge in [0.25, 0.3) is 5.56 Å². The Hall–Kier alpha value is -3.10. The molecule has 32 heavy (non-hydrogen) atoms. The average Bonchev–Trinajstić information content (AvgIpc) is 3.07. The van der Waals surface area contributed by atoms with E-state index in [1.807, 2.05) is 32.2 Å². The van der Waals surface area contributed by atoms with Crippen LogP contribution >= 0.6 is 0 Å². The quantitative estimate of drug-likeness (QED) is 0.471. The van der Waals surface area contributed by atoms with Gasteiger partial charge >= 0.3 is 5.97 Å². The molecule has 2 aliphatic rings. The predicted molar refractivity (Wildman–Crippen MR) is 122 cm³/mol. The number of carboxylic acid groups (broad SMARTS) is 1. The van der Waals surface area contributed by atoms with Crippen LogP contribution in [0.1, 0.15) is 28.5 Å². The standard InChI is InChI=1S/C24H28N4O4/c1-4-15-20(26-23(30)19(22(15)29)24(31)32)12-5-6-18-13(7-12)8-14(27(18)3)9-28-10-16-17(11-28)21(16)25-2/h5-8,16-17,21,25H,4,9-11H2,1-3H3,(H,31,32)(H2,26,29,30)/t16-,17+,21+. The zero-order chi connectivity index (χ0) is 22.7. The van der Waals surface area contributed by atoms with E-state index in [1.54, 1.807) is 0 Å². The van der Waals surface area contributed by atoms with E-state index in [2.05, 4.69) is 32.9 Å². The number of aromatic hydroxyl groups is 1. The van der Waals surface area contributed by atoms with Crippen LogP contribution in [-0.4, -0.2) is 56.8 Å². The van der Waals surface area contributed by atoms with Gasteiger partial charge in [0.15, 0.2) is 5.56 Å². The fourth-order valence-corrected chi connectivity index (χ4v) is 5.53. The Labute approximate surface area is 185 Å². The Balaban J connectivity index is 1.48. The summed E-state index contributed by atoms with van der Waals surface area (Å²) in [6.07, 6.45) is 0.390. The Morgan fingerprint density at radius 2 is 1.97 bits per heavy atom. The topological polar surface area (TPSA) is 111 Å². The van der Waals surface area contributed by atoms with Crippen molar-refractivity contribution in [2.75, 3.05) is 20.1 Å². The van der Waals surface area contributed by atoms with E-state index < -0.39 is 22.8 Å². The van der Waals surface area contributed by atoms with Crippen LogP contribution in [0.4, 0.5) is 0 Å². The first-order valence-corrected chi connectivity index (χ1v) is 11.0. The molecule has 3 atom stereocenters. The van der Waals surface area contributed by atoms with Crippen molar-refractivity contribution in [3.8, 4) is 17.0 Å². The molecule has 3 heterocycles. The van der Waals surface area contributed by atoms with Crippen molar-refractivity contribution in [2.24, 2.45) is 18.9 Å². The SMILES string of the molecule is CCc1c(-c2ccc3c(c2)cc(CN2C[C@@H]4[C@H](C2)[C@H]4NC)n3C)[nH]c(=O)c(C(=O)O)c1O. The van der Waals surface area contributed by atoms with E-state index in [0.29, 0.717) is 23.7 Å². The molecule has 168 valence electrons. The number of carboxylic acids is 1. The van der Waals surface area contributed by atoms with Gasteiger partial charge in [0.05, 0.1) is 5.69 Å². The van der Waals surface area contributed by atoms with Crippen molar-refractivity contribution in [3.63, 3.8) is 0 Å². The number of benzene rings is 1. The van der Waals surface area contributed by atoms with Crippen LogP contribution in [0.5, 0.6) is 5.75 Å². The first kappa shape index (κ1) is 20.8. The van der Waals surface area contributed by atoms with Gasteiger partial charge in [-0.25, -0.2) is 4.79 Å². The number of hydrogen-bond donors (Lipinski definition) is 4. The number of aromatic carboxylic acids is 1. The van der Waals surface area contributed by atoms with Gasteiger partial charge in [-0.05, 0) is 49.1 Å². The number of aromatic nitrogens is 2. The lowest BCUT2D eigenvalue weighted by atomic mass is 9.99. The molecule has 1 aliphatic carbocycles. The van der Waals surface area contributed by atoms with Crippen molar-refractivity contribution in [3.05, 3.63) is 51.4 Å². The van der Waals surface area contributed by atoms with Crippen LogP contribution in [0.15, 0.2) is 29.1 Å². The van der Waals surface area contributed by atoms with E-state index in [4.69, 9.17) is 0 Å². The second-order valence-electron chi connectivity index (χ2n) is 8.99. The van der Waals surface area contributed by atoms with Crippen LogP contribution in [0.3, 0.4) is 0 Å². The summed E-state index contributed by atoms with van der Waals surface area (Å²) >= 11 is 0. The normalized spacial score (nSPS) is 22.4. The lowest BCUT2D eigenvalue weighted by molar-refractivity contribution is 0.0691. The number of likely N-dealkylation sites (tertiary alicyclic amines) is 1. The highest BCUT2D eigenvalue weighted by atomic mass is 16.4. The maximum absolute atomic E-state index is 12.3. The molecule has 2 aromatic heterocycles. The summed E-state index contributed by atoms with van der Waals surface area (Å²) in [4.78, 5) is 28.9. The van der Waals surface area contributed by atoms with Gasteiger partial charge in [0, 0.05) is 54.9 Å². The van der Waals surface area contributed by atoms with Crippen molar-refractivity contribution < 1.29 is 15.0 Å². The molecule has 0 radical (unpaired) electrons. The van der Waals surface area contributed by atoms with E-state index in [0.717, 1.165) is 47.9 Å². The van der Waals surface area contributed by atoms with Gasteiger partial charge in [-0.3, -0.25) is 9.69 Å². The Bertz CT molecular complexity index is 1280. The summed E-state index contributed by atoms with van der Waals surface area (Å²) in [7, 11) is 4.11. The monoisotopic (exact) mass is 436 g/mol. The molecule has 4 N–H and O–H groups in total. The molecule has 0 unspecified atom stereocenters. The molecule has 1 aromatic carbocycles. The number of pyridine rings is 1. The van der Waals surface area contributed by atoms with Crippen LogP contribution in [0.2, 0.25) is 0 Å². The van der Waals surface area contributed by atoms with Crippen LogP contribution < -0.4 is 10.9 Å². The molecule has 0 spiro atoms. The van der Waals surface area contributed by atoms with Crippen molar-refractivity contribution in [1.82, 2.24) is 19.8 Å². The van der Waals surface area contributed by atoms with E-state index in [1.165, 1.54) is 5.69 Å². The summed E-state index contributed by atoms with van der Waals surface area (Å²) in [5.41, 5.74) is 2.54. The number of aromatic amines is 1. The Kier molecular flexibility index (Phi) is 4.87. The highest BCUT2D eigenvalue weighted by molar-refractivity contribution is 5.92. The molecular formula is C24H28N4O4. The van der Waals surface area contributed by atoms with Crippen LogP contribution in [-0.2, 0) is 20.0 Å². The lowest BCUT2D eigenvalue weighted by Crippen LogP contribution is -2.29. The number of piperidine rings is 1. The van der Waals surface area contributed by atoms with Gasteiger partial charge in [-0.15, -0.1) is 0 Å². The molecular weight excluding hydrogens is 408 g/mol. The third kappa shape index (κ3) is 3.13. The highest BCUT2D eigenvalue weighted by Crippen LogP contribution is 2.45. The number of fused-ring (bicyclic) bond motifs is 2. The average molecular weight is 437 g/mol. The van der Waals surface area contributed by atoms with Crippen LogP contribution in [0, 0.1) is 11.8 Å². The van der Waals surface area contributed by atoms with Crippen molar-refractivity contribution in [1.29, 1.82) is 0 Å². The van der Waals surface area contributed by atoms with Gasteiger partial charge in [0.1, 0.15) is 5.75 Å². The number of hydrogen-bond acceptors (Lipinski definition) is 5.